The van der Waals surface area contributed by atoms with E-state index in [9.17, 15) is 4.79 Å². The second-order valence-electron chi connectivity index (χ2n) is 5.45. The van der Waals surface area contributed by atoms with Gasteiger partial charge in [0.1, 0.15) is 5.75 Å². The lowest BCUT2D eigenvalue weighted by molar-refractivity contribution is -0.143. The van der Waals surface area contributed by atoms with Crippen LogP contribution in [0.1, 0.15) is 11.5 Å². The maximum atomic E-state index is 12.1. The summed E-state index contributed by atoms with van der Waals surface area (Å²) in [5, 5.41) is 0. The highest BCUT2D eigenvalue weighted by atomic mass is 16.5. The first-order chi connectivity index (χ1) is 10.1. The van der Waals surface area contributed by atoms with Crippen LogP contribution in [-0.4, -0.2) is 69.8 Å². The van der Waals surface area contributed by atoms with E-state index < -0.39 is 0 Å². The predicted molar refractivity (Wildman–Crippen MR) is 81.7 cm³/mol. The zero-order chi connectivity index (χ0) is 15.2. The van der Waals surface area contributed by atoms with E-state index in [4.69, 9.17) is 9.47 Å². The number of likely N-dealkylation sites (N-methyl/N-ethyl adjacent to an activating group) is 1. The standard InChI is InChI=1S/C16H24N2O3/c1-17-8-10-18(11-9-17)12-15(16(19)21-3)13-4-6-14(20-2)7-5-13/h4-7,15H,8-12H2,1-3H3. The summed E-state index contributed by atoms with van der Waals surface area (Å²) in [6.45, 7) is 4.75. The molecular weight excluding hydrogens is 268 g/mol. The van der Waals surface area contributed by atoms with Crippen LogP contribution < -0.4 is 4.74 Å². The molecule has 0 aromatic heterocycles. The Labute approximate surface area is 126 Å². The van der Waals surface area contributed by atoms with Gasteiger partial charge in [0.15, 0.2) is 0 Å². The lowest BCUT2D eigenvalue weighted by Gasteiger charge is -2.34. The summed E-state index contributed by atoms with van der Waals surface area (Å²) in [4.78, 5) is 16.7. The second-order valence-corrected chi connectivity index (χ2v) is 5.45. The molecule has 2 rings (SSSR count). The van der Waals surface area contributed by atoms with E-state index in [0.29, 0.717) is 6.54 Å². The fraction of sp³-hybridized carbons (Fsp3) is 0.562. The number of hydrogen-bond donors (Lipinski definition) is 0. The monoisotopic (exact) mass is 292 g/mol. The number of nitrogens with zero attached hydrogens (tertiary/aromatic N) is 2. The molecule has 1 aromatic carbocycles. The second kappa shape index (κ2) is 7.43. The Kier molecular flexibility index (Phi) is 5.59. The Morgan fingerprint density at radius 1 is 1.14 bits per heavy atom. The Bertz CT molecular complexity index is 453. The van der Waals surface area contributed by atoms with Crippen molar-refractivity contribution >= 4 is 5.97 Å². The van der Waals surface area contributed by atoms with E-state index in [1.807, 2.05) is 24.3 Å². The number of piperazine rings is 1. The molecule has 5 heteroatoms. The van der Waals surface area contributed by atoms with Gasteiger partial charge in [-0.3, -0.25) is 9.69 Å². The molecule has 116 valence electrons. The summed E-state index contributed by atoms with van der Waals surface area (Å²) in [5.74, 6) is 0.366. The SMILES string of the molecule is COC(=O)C(CN1CCN(C)CC1)c1ccc(OC)cc1. The van der Waals surface area contributed by atoms with Crippen LogP contribution in [0.2, 0.25) is 0 Å². The van der Waals surface area contributed by atoms with Crippen LogP contribution in [0.4, 0.5) is 0 Å². The molecule has 0 saturated carbocycles. The normalized spacial score (nSPS) is 18.2. The first kappa shape index (κ1) is 15.8. The van der Waals surface area contributed by atoms with Gasteiger partial charge in [-0.2, -0.15) is 0 Å². The lowest BCUT2D eigenvalue weighted by atomic mass is 9.98. The Hall–Kier alpha value is -1.59. The number of carbonyl (C=O) groups is 1. The van der Waals surface area contributed by atoms with Gasteiger partial charge in [0.2, 0.25) is 0 Å². The lowest BCUT2D eigenvalue weighted by Crippen LogP contribution is -2.46. The third-order valence-electron chi connectivity index (χ3n) is 4.04. The Morgan fingerprint density at radius 3 is 2.29 bits per heavy atom. The van der Waals surface area contributed by atoms with Crippen molar-refractivity contribution in [3.05, 3.63) is 29.8 Å². The van der Waals surface area contributed by atoms with Crippen LogP contribution in [0, 0.1) is 0 Å². The molecule has 1 fully saturated rings. The first-order valence-corrected chi connectivity index (χ1v) is 7.26. The van der Waals surface area contributed by atoms with E-state index in [0.717, 1.165) is 37.5 Å². The van der Waals surface area contributed by atoms with Gasteiger partial charge in [-0.1, -0.05) is 12.1 Å². The van der Waals surface area contributed by atoms with Crippen molar-refractivity contribution in [2.75, 3.05) is 54.0 Å². The van der Waals surface area contributed by atoms with Crippen LogP contribution in [0.5, 0.6) is 5.75 Å². The van der Waals surface area contributed by atoms with Gasteiger partial charge in [0, 0.05) is 32.7 Å². The fourth-order valence-electron chi connectivity index (χ4n) is 2.58. The largest absolute Gasteiger partial charge is 0.497 e. The minimum Gasteiger partial charge on any atom is -0.497 e. The van der Waals surface area contributed by atoms with Crippen LogP contribution >= 0.6 is 0 Å². The fourth-order valence-corrected chi connectivity index (χ4v) is 2.58. The summed E-state index contributed by atoms with van der Waals surface area (Å²) in [6.07, 6.45) is 0. The number of esters is 1. The molecule has 1 atom stereocenters. The van der Waals surface area contributed by atoms with Crippen molar-refractivity contribution in [3.63, 3.8) is 0 Å². The van der Waals surface area contributed by atoms with Gasteiger partial charge in [-0.15, -0.1) is 0 Å². The molecule has 1 heterocycles. The van der Waals surface area contributed by atoms with E-state index in [-0.39, 0.29) is 11.9 Å². The van der Waals surface area contributed by atoms with Gasteiger partial charge in [0.05, 0.1) is 20.1 Å². The highest BCUT2D eigenvalue weighted by Gasteiger charge is 2.26. The molecule has 1 aromatic rings. The quantitative estimate of drug-likeness (QED) is 0.763. The summed E-state index contributed by atoms with van der Waals surface area (Å²) < 4.78 is 10.1. The molecule has 0 amide bonds. The maximum absolute atomic E-state index is 12.1. The van der Waals surface area contributed by atoms with Crippen molar-refractivity contribution in [1.29, 1.82) is 0 Å². The number of hydrogen-bond acceptors (Lipinski definition) is 5. The van der Waals surface area contributed by atoms with Gasteiger partial charge < -0.3 is 14.4 Å². The molecular formula is C16H24N2O3. The number of carbonyl (C=O) groups excluding carboxylic acids is 1. The number of ether oxygens (including phenoxy) is 2. The molecule has 0 radical (unpaired) electrons. The molecule has 0 aliphatic carbocycles. The summed E-state index contributed by atoms with van der Waals surface area (Å²) in [6, 6.07) is 7.65. The molecule has 1 unspecified atom stereocenters. The zero-order valence-electron chi connectivity index (χ0n) is 13.0. The highest BCUT2D eigenvalue weighted by Crippen LogP contribution is 2.22. The molecule has 1 aliphatic heterocycles. The van der Waals surface area contributed by atoms with E-state index >= 15 is 0 Å². The van der Waals surface area contributed by atoms with Crippen molar-refractivity contribution < 1.29 is 14.3 Å². The van der Waals surface area contributed by atoms with Gasteiger partial charge in [0.25, 0.3) is 0 Å². The van der Waals surface area contributed by atoms with Crippen LogP contribution in [-0.2, 0) is 9.53 Å². The maximum Gasteiger partial charge on any atom is 0.314 e. The molecule has 0 N–H and O–H groups in total. The van der Waals surface area contributed by atoms with Crippen molar-refractivity contribution in [3.8, 4) is 5.75 Å². The zero-order valence-corrected chi connectivity index (χ0v) is 13.0. The molecule has 5 nitrogen and oxygen atoms in total. The van der Waals surface area contributed by atoms with Gasteiger partial charge in [-0.25, -0.2) is 0 Å². The topological polar surface area (TPSA) is 42.0 Å². The van der Waals surface area contributed by atoms with E-state index in [2.05, 4.69) is 16.8 Å². The van der Waals surface area contributed by atoms with Crippen molar-refractivity contribution in [2.45, 2.75) is 5.92 Å². The average molecular weight is 292 g/mol. The molecule has 0 bridgehead atoms. The molecule has 21 heavy (non-hydrogen) atoms. The number of benzene rings is 1. The third kappa shape index (κ3) is 4.19. The number of rotatable bonds is 5. The predicted octanol–water partition coefficient (Wildman–Crippen LogP) is 1.20. The van der Waals surface area contributed by atoms with E-state index in [1.54, 1.807) is 7.11 Å². The average Bonchev–Trinajstić information content (AvgIpc) is 2.54. The van der Waals surface area contributed by atoms with Crippen LogP contribution in [0.25, 0.3) is 0 Å². The highest BCUT2D eigenvalue weighted by molar-refractivity contribution is 5.78. The first-order valence-electron chi connectivity index (χ1n) is 7.26. The van der Waals surface area contributed by atoms with Crippen LogP contribution in [0.15, 0.2) is 24.3 Å². The van der Waals surface area contributed by atoms with Crippen LogP contribution in [0.3, 0.4) is 0 Å². The minimum atomic E-state index is -0.246. The summed E-state index contributed by atoms with van der Waals surface area (Å²) in [7, 11) is 5.21. The Morgan fingerprint density at radius 2 is 1.76 bits per heavy atom. The van der Waals surface area contributed by atoms with E-state index in [1.165, 1.54) is 7.11 Å². The molecule has 1 aliphatic rings. The summed E-state index contributed by atoms with van der Waals surface area (Å²) >= 11 is 0. The third-order valence-corrected chi connectivity index (χ3v) is 4.04. The van der Waals surface area contributed by atoms with Crippen molar-refractivity contribution in [1.82, 2.24) is 9.80 Å². The molecule has 0 spiro atoms. The van der Waals surface area contributed by atoms with Crippen molar-refractivity contribution in [2.24, 2.45) is 0 Å². The van der Waals surface area contributed by atoms with Gasteiger partial charge in [-0.05, 0) is 24.7 Å². The summed E-state index contributed by atoms with van der Waals surface area (Å²) in [5.41, 5.74) is 0.974. The molecule has 1 saturated heterocycles. The Balaban J connectivity index is 2.08. The smallest absolute Gasteiger partial charge is 0.314 e. The minimum absolute atomic E-state index is 0.181. The number of methoxy groups -OCH3 is 2. The van der Waals surface area contributed by atoms with Gasteiger partial charge >= 0.3 is 5.97 Å².